The normalized spacial score (nSPS) is 11.2. The monoisotopic (exact) mass is 282 g/mol. The van der Waals surface area contributed by atoms with Crippen LogP contribution >= 0.6 is 0 Å². The van der Waals surface area contributed by atoms with E-state index in [4.69, 9.17) is 5.11 Å². The summed E-state index contributed by atoms with van der Waals surface area (Å²) in [6.07, 6.45) is 1.41. The second-order valence-electron chi connectivity index (χ2n) is 5.23. The molecule has 1 heterocycles. The van der Waals surface area contributed by atoms with Crippen molar-refractivity contribution in [1.82, 2.24) is 4.98 Å². The third-order valence-corrected chi connectivity index (χ3v) is 2.82. The summed E-state index contributed by atoms with van der Waals surface area (Å²) in [7, 11) is 0. The highest BCUT2D eigenvalue weighted by Gasteiger charge is 2.23. The number of aromatic nitrogens is 1. The number of hydrogen-bond donors (Lipinski definition) is 3. The summed E-state index contributed by atoms with van der Waals surface area (Å²) in [4.78, 5) is 14.8. The molecule has 0 unspecified atom stereocenters. The second-order valence-corrected chi connectivity index (χ2v) is 5.23. The van der Waals surface area contributed by atoms with Crippen LogP contribution in [0.3, 0.4) is 0 Å². The first-order chi connectivity index (χ1) is 9.39. The Kier molecular flexibility index (Phi) is 5.69. The third kappa shape index (κ3) is 4.65. The number of pyridine rings is 1. The Balaban J connectivity index is 3.02. The highest BCUT2D eigenvalue weighted by Crippen LogP contribution is 2.27. The summed E-state index contributed by atoms with van der Waals surface area (Å²) >= 11 is 0. The molecule has 0 aliphatic carbocycles. The standard InChI is InChI=1S/C13H22N4O3/c1-4-8-14-11-6-5-10(17(19)20)12(15-11)16-13(2,3)7-9-18/h5-6,18H,4,7-9H2,1-3H3,(H2,14,15,16). The molecule has 1 aromatic heterocycles. The van der Waals surface area contributed by atoms with Crippen LogP contribution in [0.15, 0.2) is 12.1 Å². The van der Waals surface area contributed by atoms with Gasteiger partial charge in [-0.2, -0.15) is 0 Å². The van der Waals surface area contributed by atoms with Gasteiger partial charge in [0.05, 0.1) is 4.92 Å². The zero-order chi connectivity index (χ0) is 15.2. The first kappa shape index (κ1) is 16.2. The van der Waals surface area contributed by atoms with E-state index in [-0.39, 0.29) is 18.1 Å². The first-order valence-electron chi connectivity index (χ1n) is 6.68. The van der Waals surface area contributed by atoms with Crippen LogP contribution in [0.2, 0.25) is 0 Å². The summed E-state index contributed by atoms with van der Waals surface area (Å²) in [5, 5.41) is 26.2. The lowest BCUT2D eigenvalue weighted by atomic mass is 10.0. The number of anilines is 2. The number of nitro groups is 1. The van der Waals surface area contributed by atoms with E-state index in [2.05, 4.69) is 15.6 Å². The molecule has 3 N–H and O–H groups in total. The molecule has 0 aliphatic heterocycles. The van der Waals surface area contributed by atoms with Crippen LogP contribution in [0, 0.1) is 10.1 Å². The van der Waals surface area contributed by atoms with Crippen molar-refractivity contribution in [3.05, 3.63) is 22.2 Å². The van der Waals surface area contributed by atoms with Crippen LogP contribution < -0.4 is 10.6 Å². The molecule has 0 amide bonds. The van der Waals surface area contributed by atoms with Crippen LogP contribution in [-0.4, -0.2) is 33.7 Å². The quantitative estimate of drug-likeness (QED) is 0.500. The van der Waals surface area contributed by atoms with E-state index < -0.39 is 10.5 Å². The number of aliphatic hydroxyl groups excluding tert-OH is 1. The van der Waals surface area contributed by atoms with Crippen molar-refractivity contribution in [2.75, 3.05) is 23.8 Å². The Bertz CT molecular complexity index is 463. The number of aliphatic hydroxyl groups is 1. The van der Waals surface area contributed by atoms with E-state index >= 15 is 0 Å². The molecular weight excluding hydrogens is 260 g/mol. The molecule has 112 valence electrons. The highest BCUT2D eigenvalue weighted by molar-refractivity contribution is 5.61. The zero-order valence-electron chi connectivity index (χ0n) is 12.1. The molecule has 0 aliphatic rings. The summed E-state index contributed by atoms with van der Waals surface area (Å²) < 4.78 is 0. The number of rotatable bonds is 8. The molecular formula is C13H22N4O3. The molecule has 0 saturated carbocycles. The van der Waals surface area contributed by atoms with E-state index in [1.807, 2.05) is 20.8 Å². The van der Waals surface area contributed by atoms with Crippen molar-refractivity contribution in [3.63, 3.8) is 0 Å². The fourth-order valence-electron chi connectivity index (χ4n) is 1.71. The van der Waals surface area contributed by atoms with E-state index in [9.17, 15) is 10.1 Å². The van der Waals surface area contributed by atoms with E-state index in [0.717, 1.165) is 13.0 Å². The van der Waals surface area contributed by atoms with Crippen molar-refractivity contribution in [3.8, 4) is 0 Å². The van der Waals surface area contributed by atoms with Gasteiger partial charge in [0.1, 0.15) is 5.82 Å². The number of hydrogen-bond acceptors (Lipinski definition) is 6. The molecule has 0 aromatic carbocycles. The maximum atomic E-state index is 11.0. The van der Waals surface area contributed by atoms with E-state index in [1.165, 1.54) is 6.07 Å². The Morgan fingerprint density at radius 3 is 2.70 bits per heavy atom. The lowest BCUT2D eigenvalue weighted by molar-refractivity contribution is -0.384. The van der Waals surface area contributed by atoms with Gasteiger partial charge in [-0.05, 0) is 32.8 Å². The molecule has 0 atom stereocenters. The molecule has 0 spiro atoms. The summed E-state index contributed by atoms with van der Waals surface area (Å²) in [6, 6.07) is 3.03. The van der Waals surface area contributed by atoms with Gasteiger partial charge in [0.15, 0.2) is 0 Å². The van der Waals surface area contributed by atoms with Crippen molar-refractivity contribution >= 4 is 17.3 Å². The molecule has 7 nitrogen and oxygen atoms in total. The molecule has 1 aromatic rings. The minimum absolute atomic E-state index is 0.00156. The second kappa shape index (κ2) is 7.04. The van der Waals surface area contributed by atoms with Crippen LogP contribution in [0.25, 0.3) is 0 Å². The van der Waals surface area contributed by atoms with E-state index in [0.29, 0.717) is 12.2 Å². The molecule has 1 rings (SSSR count). The van der Waals surface area contributed by atoms with Crippen LogP contribution in [0.5, 0.6) is 0 Å². The van der Waals surface area contributed by atoms with Gasteiger partial charge >= 0.3 is 5.69 Å². The molecule has 0 fully saturated rings. The smallest absolute Gasteiger partial charge is 0.311 e. The SMILES string of the molecule is CCCNc1ccc([N+](=O)[O-])c(NC(C)(C)CCO)n1. The fraction of sp³-hybridized carbons (Fsp3) is 0.615. The topological polar surface area (TPSA) is 100 Å². The average molecular weight is 282 g/mol. The van der Waals surface area contributed by atoms with Gasteiger partial charge in [0.2, 0.25) is 5.82 Å². The van der Waals surface area contributed by atoms with Crippen LogP contribution in [0.1, 0.15) is 33.6 Å². The summed E-state index contributed by atoms with van der Waals surface area (Å²) in [6.45, 7) is 6.51. The average Bonchev–Trinajstić information content (AvgIpc) is 2.35. The van der Waals surface area contributed by atoms with Gasteiger partial charge in [-0.25, -0.2) is 4.98 Å². The Morgan fingerprint density at radius 2 is 2.15 bits per heavy atom. The maximum Gasteiger partial charge on any atom is 0.311 e. The van der Waals surface area contributed by atoms with Gasteiger partial charge in [-0.15, -0.1) is 0 Å². The van der Waals surface area contributed by atoms with Gasteiger partial charge in [-0.1, -0.05) is 6.92 Å². The maximum absolute atomic E-state index is 11.0. The fourth-order valence-corrected chi connectivity index (χ4v) is 1.71. The van der Waals surface area contributed by atoms with Gasteiger partial charge in [0.25, 0.3) is 0 Å². The zero-order valence-corrected chi connectivity index (χ0v) is 12.1. The van der Waals surface area contributed by atoms with Crippen LogP contribution in [-0.2, 0) is 0 Å². The molecule has 20 heavy (non-hydrogen) atoms. The minimum atomic E-state index is -0.476. The minimum Gasteiger partial charge on any atom is -0.396 e. The molecule has 0 radical (unpaired) electrons. The molecule has 7 heteroatoms. The third-order valence-electron chi connectivity index (χ3n) is 2.82. The lowest BCUT2D eigenvalue weighted by Crippen LogP contribution is -2.32. The number of nitrogens with zero attached hydrogens (tertiary/aromatic N) is 2. The number of nitrogens with one attached hydrogen (secondary N) is 2. The predicted octanol–water partition coefficient (Wildman–Crippen LogP) is 2.38. The first-order valence-corrected chi connectivity index (χ1v) is 6.68. The van der Waals surface area contributed by atoms with Crippen molar-refractivity contribution < 1.29 is 10.0 Å². The van der Waals surface area contributed by atoms with Gasteiger partial charge in [-0.3, -0.25) is 10.1 Å². The molecule has 0 bridgehead atoms. The van der Waals surface area contributed by atoms with Gasteiger partial charge < -0.3 is 15.7 Å². The lowest BCUT2D eigenvalue weighted by Gasteiger charge is -2.26. The van der Waals surface area contributed by atoms with Crippen molar-refractivity contribution in [1.29, 1.82) is 0 Å². The Morgan fingerprint density at radius 1 is 1.45 bits per heavy atom. The Hall–Kier alpha value is -1.89. The van der Waals surface area contributed by atoms with Crippen LogP contribution in [0.4, 0.5) is 17.3 Å². The largest absolute Gasteiger partial charge is 0.396 e. The van der Waals surface area contributed by atoms with Crippen molar-refractivity contribution in [2.24, 2.45) is 0 Å². The van der Waals surface area contributed by atoms with Crippen molar-refractivity contribution in [2.45, 2.75) is 39.2 Å². The predicted molar refractivity (Wildman–Crippen MR) is 79.1 cm³/mol. The highest BCUT2D eigenvalue weighted by atomic mass is 16.6. The summed E-state index contributed by atoms with van der Waals surface area (Å²) in [5.74, 6) is 0.814. The van der Waals surface area contributed by atoms with Gasteiger partial charge in [0, 0.05) is 24.8 Å². The molecule has 0 saturated heterocycles. The Labute approximate surface area is 118 Å². The summed E-state index contributed by atoms with van der Waals surface area (Å²) in [5.41, 5.74) is -0.548. The van der Waals surface area contributed by atoms with E-state index in [1.54, 1.807) is 6.07 Å².